The average molecular weight is 636 g/mol. The number of likely N-dealkylation sites (N-methyl/N-ethyl adjacent to an activating group) is 1. The van der Waals surface area contributed by atoms with Gasteiger partial charge in [0.05, 0.1) is 36.0 Å². The molecule has 3 aliphatic rings. The second-order valence-corrected chi connectivity index (χ2v) is 11.9. The first-order valence-electron chi connectivity index (χ1n) is 15.1. The number of rotatable bonds is 8. The number of cyclic esters (lactones) is 1. The van der Waals surface area contributed by atoms with Crippen molar-refractivity contribution in [1.29, 1.82) is 0 Å². The Morgan fingerprint density at radius 3 is 2.76 bits per heavy atom. The number of fused-ring (bicyclic) bond motifs is 2. The summed E-state index contributed by atoms with van der Waals surface area (Å²) in [4.78, 5) is 45.6. The number of esters is 1. The van der Waals surface area contributed by atoms with Gasteiger partial charge in [-0.2, -0.15) is 0 Å². The van der Waals surface area contributed by atoms with E-state index in [9.17, 15) is 19.5 Å². The van der Waals surface area contributed by atoms with Crippen molar-refractivity contribution in [1.82, 2.24) is 25.1 Å². The highest BCUT2D eigenvalue weighted by molar-refractivity contribution is 5.99. The maximum absolute atomic E-state index is 13.5. The molecule has 1 aromatic heterocycles. The standard InChI is InChI=1S/C32H41N7O7/c1-18-8-23-24(15-39(34)12-20(33)11-38-6-7-45-21(13-38)10-35-29(41)16-40)25-14-37(3)31(43)26-17-46-32(44)30(42)22(26)4-5-27(25)36-28(23)9-19(18)2/h4-5,8-9,12,21,30,40,42H,6-7,10-11,13-17,33-34H2,1-3H3,(H,35,41)/b5-4+,20-12-. The zero-order chi connectivity index (χ0) is 33.1. The lowest BCUT2D eigenvalue weighted by Crippen LogP contribution is -2.48. The van der Waals surface area contributed by atoms with Crippen molar-refractivity contribution in [2.75, 3.05) is 53.0 Å². The van der Waals surface area contributed by atoms with Crippen molar-refractivity contribution < 1.29 is 34.1 Å². The quantitative estimate of drug-likeness (QED) is 0.140. The van der Waals surface area contributed by atoms with E-state index in [4.69, 9.17) is 31.1 Å². The van der Waals surface area contributed by atoms with Crippen molar-refractivity contribution in [2.24, 2.45) is 11.6 Å². The van der Waals surface area contributed by atoms with Crippen molar-refractivity contribution in [2.45, 2.75) is 39.1 Å². The van der Waals surface area contributed by atoms with Crippen molar-refractivity contribution >= 4 is 34.8 Å². The van der Waals surface area contributed by atoms with Crippen LogP contribution < -0.4 is 16.9 Å². The molecule has 0 saturated carbocycles. The lowest BCUT2D eigenvalue weighted by molar-refractivity contribution is -0.152. The second-order valence-electron chi connectivity index (χ2n) is 11.9. The first kappa shape index (κ1) is 33.0. The Balaban J connectivity index is 1.45. The highest BCUT2D eigenvalue weighted by atomic mass is 16.5. The number of amides is 2. The summed E-state index contributed by atoms with van der Waals surface area (Å²) < 4.78 is 10.8. The Hall–Kier alpha value is -4.34. The molecule has 1 fully saturated rings. The minimum Gasteiger partial charge on any atom is -0.458 e. The summed E-state index contributed by atoms with van der Waals surface area (Å²) in [5.74, 6) is 4.94. The fraction of sp³-hybridized carbons (Fsp3) is 0.438. The number of hydrazine groups is 1. The van der Waals surface area contributed by atoms with E-state index in [-0.39, 0.29) is 49.4 Å². The Labute approximate surface area is 266 Å². The van der Waals surface area contributed by atoms with Gasteiger partial charge in [-0.1, -0.05) is 6.08 Å². The Morgan fingerprint density at radius 2 is 2.00 bits per heavy atom. The van der Waals surface area contributed by atoms with E-state index in [0.717, 1.165) is 33.2 Å². The summed E-state index contributed by atoms with van der Waals surface area (Å²) in [5, 5.41) is 24.5. The summed E-state index contributed by atoms with van der Waals surface area (Å²) in [6.07, 6.45) is 3.17. The van der Waals surface area contributed by atoms with Gasteiger partial charge < -0.3 is 40.6 Å². The van der Waals surface area contributed by atoms with E-state index in [0.29, 0.717) is 37.6 Å². The molecule has 2 amide bonds. The topological polar surface area (TPSA) is 197 Å². The molecule has 1 aromatic carbocycles. The number of aromatic nitrogens is 1. The van der Waals surface area contributed by atoms with E-state index >= 15 is 0 Å². The molecule has 1 saturated heterocycles. The number of nitrogens with two attached hydrogens (primary N) is 2. The number of ether oxygens (including phenoxy) is 2. The predicted octanol–water partition coefficient (Wildman–Crippen LogP) is -0.664. The van der Waals surface area contributed by atoms with Gasteiger partial charge in [0.15, 0.2) is 6.10 Å². The number of nitrogens with zero attached hydrogens (tertiary/aromatic N) is 4. The molecule has 2 aromatic rings. The molecule has 4 heterocycles. The van der Waals surface area contributed by atoms with E-state index in [1.165, 1.54) is 9.91 Å². The highest BCUT2D eigenvalue weighted by Gasteiger charge is 2.34. The number of carbonyl (C=O) groups is 3. The largest absolute Gasteiger partial charge is 0.458 e. The molecule has 14 nitrogen and oxygen atoms in total. The molecule has 3 aliphatic heterocycles. The summed E-state index contributed by atoms with van der Waals surface area (Å²) in [6, 6.07) is 4.07. The predicted molar refractivity (Wildman–Crippen MR) is 169 cm³/mol. The summed E-state index contributed by atoms with van der Waals surface area (Å²) in [6.45, 7) is 6.06. The molecule has 0 bridgehead atoms. The van der Waals surface area contributed by atoms with Crippen LogP contribution in [0, 0.1) is 13.8 Å². The summed E-state index contributed by atoms with van der Waals surface area (Å²) in [5.41, 5.74) is 12.5. The molecule has 246 valence electrons. The van der Waals surface area contributed by atoms with Crippen LogP contribution in [0.5, 0.6) is 0 Å². The Morgan fingerprint density at radius 1 is 1.24 bits per heavy atom. The number of morpholine rings is 1. The second kappa shape index (κ2) is 14.0. The van der Waals surface area contributed by atoms with Gasteiger partial charge in [0.2, 0.25) is 5.91 Å². The number of aliphatic hydroxyl groups is 2. The molecule has 2 unspecified atom stereocenters. The van der Waals surface area contributed by atoms with Crippen LogP contribution in [0.4, 0.5) is 0 Å². The number of carbonyl (C=O) groups excluding carboxylic acids is 3. The molecule has 7 N–H and O–H groups in total. The molecule has 46 heavy (non-hydrogen) atoms. The SMILES string of the molecule is Cc1cc2nc3c(c(CN(N)/C=C(\N)CN4CCOC(CNC(=O)CO)C4)c2cc1C)CN(C)C(=O)C1=C(/C=C/3)C(O)C(=O)OC1. The fourth-order valence-electron chi connectivity index (χ4n) is 5.90. The number of aryl methyl sites for hydroxylation is 2. The van der Waals surface area contributed by atoms with Crippen LogP contribution in [-0.2, 0) is 36.9 Å². The number of hydrogen-bond donors (Lipinski definition) is 5. The third-order valence-electron chi connectivity index (χ3n) is 8.47. The van der Waals surface area contributed by atoms with Gasteiger partial charge in [-0.3, -0.25) is 14.5 Å². The number of hydrogen-bond acceptors (Lipinski definition) is 12. The fourth-order valence-corrected chi connectivity index (χ4v) is 5.90. The van der Waals surface area contributed by atoms with Crippen molar-refractivity contribution in [3.05, 3.63) is 69.2 Å². The number of aliphatic hydroxyl groups excluding tert-OH is 2. The minimum absolute atomic E-state index is 0.194. The van der Waals surface area contributed by atoms with Gasteiger partial charge >= 0.3 is 5.97 Å². The smallest absolute Gasteiger partial charge is 0.340 e. The molecular formula is C32H41N7O7. The van der Waals surface area contributed by atoms with Crippen LogP contribution in [0.15, 0.2) is 41.3 Å². The van der Waals surface area contributed by atoms with Crippen LogP contribution in [0.3, 0.4) is 0 Å². The maximum Gasteiger partial charge on any atom is 0.340 e. The third kappa shape index (κ3) is 7.21. The van der Waals surface area contributed by atoms with Gasteiger partial charge in [0.1, 0.15) is 13.2 Å². The minimum atomic E-state index is -1.57. The zero-order valence-electron chi connectivity index (χ0n) is 26.3. The first-order chi connectivity index (χ1) is 21.9. The van der Waals surface area contributed by atoms with Crippen LogP contribution in [0.2, 0.25) is 0 Å². The van der Waals surface area contributed by atoms with Crippen LogP contribution in [-0.4, -0.2) is 113 Å². The zero-order valence-corrected chi connectivity index (χ0v) is 26.3. The Bertz CT molecular complexity index is 1640. The third-order valence-corrected chi connectivity index (χ3v) is 8.47. The lowest BCUT2D eigenvalue weighted by Gasteiger charge is -2.33. The molecule has 14 heteroatoms. The summed E-state index contributed by atoms with van der Waals surface area (Å²) >= 11 is 0. The maximum atomic E-state index is 13.5. The average Bonchev–Trinajstić information content (AvgIpc) is 3.06. The highest BCUT2D eigenvalue weighted by Crippen LogP contribution is 2.32. The molecule has 5 rings (SSSR count). The van der Waals surface area contributed by atoms with Crippen LogP contribution in [0.1, 0.15) is 27.9 Å². The monoisotopic (exact) mass is 635 g/mol. The van der Waals surface area contributed by atoms with Gasteiger partial charge in [-0.05, 0) is 48.7 Å². The molecule has 0 radical (unpaired) electrons. The number of benzene rings is 1. The normalized spacial score (nSPS) is 21.6. The summed E-state index contributed by atoms with van der Waals surface area (Å²) in [7, 11) is 1.65. The van der Waals surface area contributed by atoms with E-state index in [2.05, 4.69) is 16.3 Å². The number of pyridine rings is 1. The van der Waals surface area contributed by atoms with Gasteiger partial charge in [0, 0.05) is 68.2 Å². The lowest BCUT2D eigenvalue weighted by atomic mass is 9.96. The van der Waals surface area contributed by atoms with Crippen LogP contribution >= 0.6 is 0 Å². The van der Waals surface area contributed by atoms with E-state index < -0.39 is 24.6 Å². The van der Waals surface area contributed by atoms with E-state index in [1.54, 1.807) is 25.4 Å². The van der Waals surface area contributed by atoms with Crippen LogP contribution in [0.25, 0.3) is 17.0 Å². The molecule has 0 aliphatic carbocycles. The van der Waals surface area contributed by atoms with Crippen molar-refractivity contribution in [3.8, 4) is 0 Å². The van der Waals surface area contributed by atoms with E-state index in [1.807, 2.05) is 19.9 Å². The molecule has 2 atom stereocenters. The van der Waals surface area contributed by atoms with Gasteiger partial charge in [-0.25, -0.2) is 15.6 Å². The molecule has 0 spiro atoms. The molecular weight excluding hydrogens is 594 g/mol. The first-order valence-corrected chi connectivity index (χ1v) is 15.1. The van der Waals surface area contributed by atoms with Gasteiger partial charge in [0.25, 0.3) is 5.91 Å². The number of nitrogens with one attached hydrogen (secondary N) is 1. The van der Waals surface area contributed by atoms with Crippen molar-refractivity contribution in [3.63, 3.8) is 0 Å². The Kier molecular flexibility index (Phi) is 10.0. The van der Waals surface area contributed by atoms with Gasteiger partial charge in [-0.15, -0.1) is 0 Å².